The summed E-state index contributed by atoms with van der Waals surface area (Å²) in [5.74, 6) is 0. The summed E-state index contributed by atoms with van der Waals surface area (Å²) in [5.41, 5.74) is 8.80. The lowest BCUT2D eigenvalue weighted by Gasteiger charge is -2.10. The van der Waals surface area contributed by atoms with Crippen molar-refractivity contribution in [2.45, 2.75) is 12.5 Å². The number of rotatable bonds is 3. The van der Waals surface area contributed by atoms with Gasteiger partial charge in [-0.3, -0.25) is 4.98 Å². The minimum atomic E-state index is -0.0801. The number of aromatic nitrogens is 1. The van der Waals surface area contributed by atoms with E-state index >= 15 is 0 Å². The Balaban J connectivity index is 2.17. The van der Waals surface area contributed by atoms with E-state index in [2.05, 4.69) is 4.98 Å². The molecule has 0 aliphatic carbocycles. The van der Waals surface area contributed by atoms with E-state index in [1.807, 2.05) is 6.07 Å². The molecule has 2 rings (SSSR count). The van der Waals surface area contributed by atoms with E-state index in [9.17, 15) is 0 Å². The van der Waals surface area contributed by atoms with Crippen molar-refractivity contribution in [2.24, 2.45) is 5.73 Å². The Hall–Kier alpha value is -0.610. The Bertz CT molecular complexity index is 471. The van der Waals surface area contributed by atoms with E-state index in [1.54, 1.807) is 35.2 Å². The van der Waals surface area contributed by atoms with E-state index < -0.39 is 0 Å². The van der Waals surface area contributed by atoms with E-state index in [0.717, 1.165) is 10.4 Å². The molecular weight excluding hydrogens is 263 g/mol. The molecule has 0 bridgehead atoms. The van der Waals surface area contributed by atoms with Gasteiger partial charge in [0.05, 0.1) is 5.51 Å². The van der Waals surface area contributed by atoms with E-state index in [1.165, 1.54) is 0 Å². The van der Waals surface area contributed by atoms with Crippen LogP contribution in [0.3, 0.4) is 0 Å². The molecule has 1 aromatic heterocycles. The maximum Gasteiger partial charge on any atom is 0.0794 e. The third-order valence-electron chi connectivity index (χ3n) is 2.26. The predicted molar refractivity (Wildman–Crippen MR) is 69.2 cm³/mol. The highest BCUT2D eigenvalue weighted by Crippen LogP contribution is 2.26. The second-order valence-corrected chi connectivity index (χ2v) is 5.21. The molecule has 1 heterocycles. The number of nitrogens with two attached hydrogens (primary N) is 1. The quantitative estimate of drug-likeness (QED) is 0.926. The average Bonchev–Trinajstić information content (AvgIpc) is 2.76. The molecule has 0 amide bonds. The number of hydrogen-bond acceptors (Lipinski definition) is 3. The summed E-state index contributed by atoms with van der Waals surface area (Å²) in [6, 6.07) is 5.33. The summed E-state index contributed by atoms with van der Waals surface area (Å²) in [6.07, 6.45) is 2.45. The van der Waals surface area contributed by atoms with E-state index in [4.69, 9.17) is 28.9 Å². The Kier molecular flexibility index (Phi) is 3.82. The lowest BCUT2D eigenvalue weighted by molar-refractivity contribution is 0.735. The van der Waals surface area contributed by atoms with Crippen molar-refractivity contribution in [1.29, 1.82) is 0 Å². The smallest absolute Gasteiger partial charge is 0.0794 e. The van der Waals surface area contributed by atoms with Gasteiger partial charge in [0, 0.05) is 27.2 Å². The highest BCUT2D eigenvalue weighted by Gasteiger charge is 2.11. The van der Waals surface area contributed by atoms with Crippen LogP contribution >= 0.6 is 34.5 Å². The Labute approximate surface area is 108 Å². The molecule has 16 heavy (non-hydrogen) atoms. The largest absolute Gasteiger partial charge is 0.323 e. The van der Waals surface area contributed by atoms with Gasteiger partial charge in [0.15, 0.2) is 0 Å². The van der Waals surface area contributed by atoms with Gasteiger partial charge in [-0.2, -0.15) is 0 Å². The van der Waals surface area contributed by atoms with Crippen LogP contribution in [-0.2, 0) is 6.42 Å². The first kappa shape index (κ1) is 11.9. The van der Waals surface area contributed by atoms with E-state index in [0.29, 0.717) is 16.5 Å². The molecule has 0 radical (unpaired) electrons. The van der Waals surface area contributed by atoms with Gasteiger partial charge in [-0.1, -0.05) is 23.2 Å². The molecule has 2 aromatic rings. The van der Waals surface area contributed by atoms with Crippen LogP contribution in [0.4, 0.5) is 0 Å². The van der Waals surface area contributed by atoms with Crippen LogP contribution in [0.1, 0.15) is 16.5 Å². The van der Waals surface area contributed by atoms with Crippen molar-refractivity contribution in [1.82, 2.24) is 4.98 Å². The second-order valence-electron chi connectivity index (χ2n) is 3.45. The Morgan fingerprint density at radius 3 is 2.88 bits per heavy atom. The zero-order valence-corrected chi connectivity index (χ0v) is 10.7. The minimum Gasteiger partial charge on any atom is -0.323 e. The first-order chi connectivity index (χ1) is 7.66. The van der Waals surface area contributed by atoms with Crippen LogP contribution in [0.25, 0.3) is 0 Å². The van der Waals surface area contributed by atoms with Crippen LogP contribution in [-0.4, -0.2) is 4.98 Å². The minimum absolute atomic E-state index is 0.0801. The molecule has 0 aliphatic heterocycles. The van der Waals surface area contributed by atoms with Crippen molar-refractivity contribution >= 4 is 34.5 Å². The normalized spacial score (nSPS) is 12.7. The number of halogens is 2. The predicted octanol–water partition coefficient (Wildman–Crippen LogP) is 3.69. The molecule has 2 nitrogen and oxygen atoms in total. The highest BCUT2D eigenvalue weighted by atomic mass is 35.5. The second kappa shape index (κ2) is 5.15. The van der Waals surface area contributed by atoms with Crippen LogP contribution in [0.2, 0.25) is 10.0 Å². The number of benzene rings is 1. The SMILES string of the molecule is NC(Cc1cc(Cl)ccc1Cl)c1cncs1. The zero-order valence-electron chi connectivity index (χ0n) is 8.36. The third kappa shape index (κ3) is 2.74. The first-order valence-corrected chi connectivity index (χ1v) is 6.38. The van der Waals surface area contributed by atoms with Gasteiger partial charge in [0.25, 0.3) is 0 Å². The van der Waals surface area contributed by atoms with Crippen molar-refractivity contribution in [3.05, 3.63) is 50.4 Å². The van der Waals surface area contributed by atoms with Gasteiger partial charge in [0.1, 0.15) is 0 Å². The lowest BCUT2D eigenvalue weighted by Crippen LogP contribution is -2.12. The van der Waals surface area contributed by atoms with Crippen molar-refractivity contribution < 1.29 is 0 Å². The van der Waals surface area contributed by atoms with Crippen LogP contribution in [0.15, 0.2) is 29.9 Å². The molecule has 1 atom stereocenters. The summed E-state index contributed by atoms with van der Waals surface area (Å²) in [4.78, 5) is 5.06. The number of nitrogens with zero attached hydrogens (tertiary/aromatic N) is 1. The molecule has 0 saturated heterocycles. The molecule has 5 heteroatoms. The molecule has 84 valence electrons. The van der Waals surface area contributed by atoms with Crippen LogP contribution in [0, 0.1) is 0 Å². The number of hydrogen-bond donors (Lipinski definition) is 1. The van der Waals surface area contributed by atoms with Gasteiger partial charge >= 0.3 is 0 Å². The molecule has 0 fully saturated rings. The third-order valence-corrected chi connectivity index (χ3v) is 3.78. The van der Waals surface area contributed by atoms with Crippen molar-refractivity contribution in [2.75, 3.05) is 0 Å². The molecule has 0 saturated carbocycles. The topological polar surface area (TPSA) is 38.9 Å². The fourth-order valence-corrected chi connectivity index (χ4v) is 2.46. The van der Waals surface area contributed by atoms with Crippen LogP contribution in [0.5, 0.6) is 0 Å². The Morgan fingerprint density at radius 2 is 2.19 bits per heavy atom. The molecule has 0 aliphatic rings. The first-order valence-electron chi connectivity index (χ1n) is 4.74. The van der Waals surface area contributed by atoms with Crippen molar-refractivity contribution in [3.63, 3.8) is 0 Å². The summed E-state index contributed by atoms with van der Waals surface area (Å²) in [7, 11) is 0. The summed E-state index contributed by atoms with van der Waals surface area (Å²) < 4.78 is 0. The zero-order chi connectivity index (χ0) is 11.5. The van der Waals surface area contributed by atoms with Gasteiger partial charge in [0.2, 0.25) is 0 Å². The number of thiazole rings is 1. The van der Waals surface area contributed by atoms with E-state index in [-0.39, 0.29) is 6.04 Å². The van der Waals surface area contributed by atoms with Gasteiger partial charge in [-0.15, -0.1) is 11.3 Å². The highest BCUT2D eigenvalue weighted by molar-refractivity contribution is 7.09. The molecule has 1 unspecified atom stereocenters. The summed E-state index contributed by atoms with van der Waals surface area (Å²) in [5, 5.41) is 1.38. The standard InChI is InChI=1S/C11H10Cl2N2S/c12-8-1-2-9(13)7(3-8)4-10(14)11-5-15-6-16-11/h1-3,5-6,10H,4,14H2. The molecular formula is C11H10Cl2N2S. The summed E-state index contributed by atoms with van der Waals surface area (Å²) >= 11 is 13.5. The average molecular weight is 273 g/mol. The van der Waals surface area contributed by atoms with Crippen molar-refractivity contribution in [3.8, 4) is 0 Å². The molecule has 0 spiro atoms. The van der Waals surface area contributed by atoms with Crippen LogP contribution < -0.4 is 5.73 Å². The van der Waals surface area contributed by atoms with Gasteiger partial charge in [-0.25, -0.2) is 0 Å². The Morgan fingerprint density at radius 1 is 1.38 bits per heavy atom. The fourth-order valence-electron chi connectivity index (χ4n) is 1.45. The molecule has 1 aromatic carbocycles. The summed E-state index contributed by atoms with van der Waals surface area (Å²) in [6.45, 7) is 0. The van der Waals surface area contributed by atoms with Gasteiger partial charge in [-0.05, 0) is 30.2 Å². The maximum absolute atomic E-state index is 6.08. The fraction of sp³-hybridized carbons (Fsp3) is 0.182. The molecule has 2 N–H and O–H groups in total. The maximum atomic E-state index is 6.08. The van der Waals surface area contributed by atoms with Gasteiger partial charge < -0.3 is 5.73 Å². The monoisotopic (exact) mass is 272 g/mol. The lowest BCUT2D eigenvalue weighted by atomic mass is 10.1.